The van der Waals surface area contributed by atoms with Gasteiger partial charge in [-0.3, -0.25) is 4.57 Å². The summed E-state index contributed by atoms with van der Waals surface area (Å²) in [5, 5.41) is 0. The summed E-state index contributed by atoms with van der Waals surface area (Å²) in [6.45, 7) is 10.7. The number of hydrogen-bond donors (Lipinski definition) is 0. The highest BCUT2D eigenvalue weighted by Gasteiger charge is 2.46. The predicted octanol–water partition coefficient (Wildman–Crippen LogP) is 2.36. The predicted molar refractivity (Wildman–Crippen MR) is 62.4 cm³/mol. The van der Waals surface area contributed by atoms with Gasteiger partial charge in [0, 0.05) is 19.8 Å². The summed E-state index contributed by atoms with van der Waals surface area (Å²) in [5.41, 5.74) is 0.498. The van der Waals surface area contributed by atoms with Gasteiger partial charge in [-0.25, -0.2) is 0 Å². The lowest BCUT2D eigenvalue weighted by Crippen LogP contribution is -2.60. The quantitative estimate of drug-likeness (QED) is 0.614. The van der Waals surface area contributed by atoms with Crippen molar-refractivity contribution in [1.82, 2.24) is 4.57 Å². The van der Waals surface area contributed by atoms with Gasteiger partial charge in [0.25, 0.3) is 0 Å². The SMILES string of the molecule is CCC(C)[Si](OC)(OC)N(CC)CC. The summed E-state index contributed by atoms with van der Waals surface area (Å²) < 4.78 is 13.8. The minimum absolute atomic E-state index is 0.498. The molecule has 0 heterocycles. The molecular weight excluding hydrogens is 194 g/mol. The summed E-state index contributed by atoms with van der Waals surface area (Å²) in [5.74, 6) is 0. The molecule has 0 aromatic carbocycles. The second kappa shape index (κ2) is 6.56. The van der Waals surface area contributed by atoms with E-state index >= 15 is 0 Å². The van der Waals surface area contributed by atoms with Crippen LogP contribution in [-0.4, -0.2) is 40.6 Å². The van der Waals surface area contributed by atoms with Crippen molar-refractivity contribution in [3.63, 3.8) is 0 Å². The Hall–Kier alpha value is 0.0969. The fourth-order valence-electron chi connectivity index (χ4n) is 1.98. The smallest absolute Gasteiger partial charge is 0.386 e. The molecule has 0 amide bonds. The fourth-order valence-corrected chi connectivity index (χ4v) is 5.49. The van der Waals surface area contributed by atoms with Crippen molar-refractivity contribution in [2.75, 3.05) is 27.3 Å². The minimum Gasteiger partial charge on any atom is -0.386 e. The third-order valence-electron chi connectivity index (χ3n) is 3.02. The summed E-state index contributed by atoms with van der Waals surface area (Å²) in [7, 11) is 1.41. The average molecular weight is 219 g/mol. The zero-order valence-electron chi connectivity index (χ0n) is 10.5. The van der Waals surface area contributed by atoms with Crippen molar-refractivity contribution in [2.45, 2.75) is 39.7 Å². The van der Waals surface area contributed by atoms with Gasteiger partial charge in [-0.2, -0.15) is 0 Å². The van der Waals surface area contributed by atoms with E-state index in [0.717, 1.165) is 19.5 Å². The van der Waals surface area contributed by atoms with Crippen molar-refractivity contribution in [1.29, 1.82) is 0 Å². The molecule has 0 spiro atoms. The van der Waals surface area contributed by atoms with Crippen LogP contribution in [0.25, 0.3) is 0 Å². The second-order valence-corrected chi connectivity index (χ2v) is 7.22. The van der Waals surface area contributed by atoms with E-state index in [4.69, 9.17) is 8.85 Å². The van der Waals surface area contributed by atoms with Gasteiger partial charge in [0.15, 0.2) is 0 Å². The Kier molecular flexibility index (Phi) is 6.60. The first-order valence-corrected chi connectivity index (χ1v) is 7.32. The molecule has 86 valence electrons. The van der Waals surface area contributed by atoms with E-state index in [1.54, 1.807) is 14.2 Å². The second-order valence-electron chi connectivity index (χ2n) is 3.52. The molecule has 0 saturated carbocycles. The Morgan fingerprint density at radius 3 is 1.71 bits per heavy atom. The van der Waals surface area contributed by atoms with Crippen molar-refractivity contribution >= 4 is 8.72 Å². The van der Waals surface area contributed by atoms with Crippen LogP contribution < -0.4 is 0 Å². The maximum Gasteiger partial charge on any atom is 0.430 e. The van der Waals surface area contributed by atoms with Gasteiger partial charge in [0.1, 0.15) is 0 Å². The third kappa shape index (κ3) is 2.57. The van der Waals surface area contributed by atoms with Gasteiger partial charge >= 0.3 is 8.72 Å². The molecule has 0 aromatic rings. The van der Waals surface area contributed by atoms with E-state index < -0.39 is 8.72 Å². The van der Waals surface area contributed by atoms with E-state index in [0.29, 0.717) is 5.54 Å². The summed E-state index contributed by atoms with van der Waals surface area (Å²) >= 11 is 0. The maximum atomic E-state index is 5.73. The van der Waals surface area contributed by atoms with Crippen molar-refractivity contribution in [3.05, 3.63) is 0 Å². The minimum atomic E-state index is -2.14. The fraction of sp³-hybridized carbons (Fsp3) is 1.00. The Bertz CT molecular complexity index is 147. The average Bonchev–Trinajstić information content (AvgIpc) is 2.25. The molecule has 1 atom stereocenters. The largest absolute Gasteiger partial charge is 0.430 e. The van der Waals surface area contributed by atoms with Crippen LogP contribution in [-0.2, 0) is 8.85 Å². The first kappa shape index (κ1) is 14.1. The van der Waals surface area contributed by atoms with Crippen LogP contribution in [0, 0.1) is 0 Å². The number of rotatable bonds is 7. The van der Waals surface area contributed by atoms with Gasteiger partial charge in [-0.05, 0) is 13.1 Å². The lowest BCUT2D eigenvalue weighted by Gasteiger charge is -2.40. The molecule has 0 bridgehead atoms. The van der Waals surface area contributed by atoms with Gasteiger partial charge in [0.2, 0.25) is 0 Å². The molecule has 0 aliphatic carbocycles. The summed E-state index contributed by atoms with van der Waals surface area (Å²) in [4.78, 5) is 0. The Balaban J connectivity index is 4.83. The van der Waals surface area contributed by atoms with Crippen LogP contribution in [0.5, 0.6) is 0 Å². The molecule has 3 nitrogen and oxygen atoms in total. The Morgan fingerprint density at radius 1 is 1.07 bits per heavy atom. The van der Waals surface area contributed by atoms with Crippen molar-refractivity contribution in [3.8, 4) is 0 Å². The first-order valence-electron chi connectivity index (χ1n) is 5.48. The van der Waals surface area contributed by atoms with Crippen LogP contribution in [0.15, 0.2) is 0 Å². The molecule has 0 radical (unpaired) electrons. The van der Waals surface area contributed by atoms with Gasteiger partial charge in [-0.15, -0.1) is 0 Å². The Morgan fingerprint density at radius 2 is 1.50 bits per heavy atom. The van der Waals surface area contributed by atoms with E-state index in [-0.39, 0.29) is 0 Å². The molecule has 0 N–H and O–H groups in total. The highest BCUT2D eigenvalue weighted by atomic mass is 28.4. The molecule has 0 fully saturated rings. The van der Waals surface area contributed by atoms with Gasteiger partial charge < -0.3 is 8.85 Å². The molecule has 0 aliphatic heterocycles. The van der Waals surface area contributed by atoms with Crippen LogP contribution in [0.1, 0.15) is 34.1 Å². The normalized spacial score (nSPS) is 14.8. The van der Waals surface area contributed by atoms with E-state index in [1.807, 2.05) is 0 Å². The zero-order chi connectivity index (χ0) is 11.2. The number of nitrogens with zero attached hydrogens (tertiary/aromatic N) is 1. The molecule has 4 heteroatoms. The Labute approximate surface area is 89.7 Å². The van der Waals surface area contributed by atoms with E-state index in [1.165, 1.54) is 0 Å². The maximum absolute atomic E-state index is 5.73. The van der Waals surface area contributed by atoms with Gasteiger partial charge in [-0.1, -0.05) is 34.1 Å². The zero-order valence-corrected chi connectivity index (χ0v) is 11.5. The number of hydrogen-bond acceptors (Lipinski definition) is 3. The first-order chi connectivity index (χ1) is 6.62. The molecule has 0 aromatic heterocycles. The van der Waals surface area contributed by atoms with Gasteiger partial charge in [0.05, 0.1) is 0 Å². The van der Waals surface area contributed by atoms with Crippen LogP contribution in [0.4, 0.5) is 0 Å². The topological polar surface area (TPSA) is 21.7 Å². The molecule has 0 saturated heterocycles. The summed E-state index contributed by atoms with van der Waals surface area (Å²) in [6, 6.07) is 0. The van der Waals surface area contributed by atoms with Crippen molar-refractivity contribution < 1.29 is 8.85 Å². The molecule has 0 aliphatic rings. The lowest BCUT2D eigenvalue weighted by molar-refractivity contribution is 0.155. The highest BCUT2D eigenvalue weighted by Crippen LogP contribution is 2.28. The van der Waals surface area contributed by atoms with E-state index in [2.05, 4.69) is 32.3 Å². The molecule has 0 rings (SSSR count). The monoisotopic (exact) mass is 219 g/mol. The van der Waals surface area contributed by atoms with E-state index in [9.17, 15) is 0 Å². The van der Waals surface area contributed by atoms with Crippen molar-refractivity contribution in [2.24, 2.45) is 0 Å². The standard InChI is InChI=1S/C10H25NO2Si/c1-7-10(4)14(12-5,13-6)11(8-2)9-3/h10H,7-9H2,1-6H3. The third-order valence-corrected chi connectivity index (χ3v) is 7.36. The lowest BCUT2D eigenvalue weighted by atomic mass is 10.4. The van der Waals surface area contributed by atoms with Crippen LogP contribution in [0.3, 0.4) is 0 Å². The van der Waals surface area contributed by atoms with Crippen LogP contribution in [0.2, 0.25) is 5.54 Å². The molecular formula is C10H25NO2Si. The highest BCUT2D eigenvalue weighted by molar-refractivity contribution is 6.66. The molecule has 1 unspecified atom stereocenters. The molecule has 14 heavy (non-hydrogen) atoms. The summed E-state index contributed by atoms with van der Waals surface area (Å²) in [6.07, 6.45) is 1.10. The van der Waals surface area contributed by atoms with Crippen LogP contribution >= 0.6 is 0 Å².